The summed E-state index contributed by atoms with van der Waals surface area (Å²) < 4.78 is 6.26. The summed E-state index contributed by atoms with van der Waals surface area (Å²) in [4.78, 5) is 13.6. The quantitative estimate of drug-likeness (QED) is 0.442. The molecule has 1 saturated carbocycles. The molecule has 3 aliphatic rings. The Hall–Kier alpha value is -0.670. The minimum Gasteiger partial charge on any atom is -0.360 e. The molecule has 0 amide bonds. The second-order valence-corrected chi connectivity index (χ2v) is 9.05. The van der Waals surface area contributed by atoms with Crippen molar-refractivity contribution in [1.82, 2.24) is 0 Å². The molecule has 2 nitrogen and oxygen atoms in total. The normalized spacial score (nSPS) is 28.0. The summed E-state index contributed by atoms with van der Waals surface area (Å²) in [5.41, 5.74) is 1.24. The van der Waals surface area contributed by atoms with E-state index >= 15 is 0 Å². The number of rotatable bonds is 9. The lowest BCUT2D eigenvalue weighted by molar-refractivity contribution is -0.142. The van der Waals surface area contributed by atoms with Crippen LogP contribution in [0.5, 0.6) is 0 Å². The summed E-state index contributed by atoms with van der Waals surface area (Å²) in [6, 6.07) is 10.4. The van der Waals surface area contributed by atoms with Crippen molar-refractivity contribution in [3.8, 4) is 0 Å². The molecule has 1 aromatic carbocycles. The van der Waals surface area contributed by atoms with Crippen LogP contribution in [0.4, 0.5) is 0 Å². The smallest absolute Gasteiger partial charge is 0.169 e. The molecular formula is C23H31BrO2. The first-order chi connectivity index (χ1) is 12.6. The third-order valence-corrected chi connectivity index (χ3v) is 7.18. The summed E-state index contributed by atoms with van der Waals surface area (Å²) in [5, 5.41) is 0. The standard InChI is InChI=1S/C23H31BrO2/c1-3-8-17(16-10-6-5-7-11-16)15-21(25)23-18-12-13-22(26-23)19(14-18)20(24)9-4-2/h5-7,10-11,17-20,22H,1,3-4,8-9,12-15H2,2H3. The maximum atomic E-state index is 13.1. The maximum Gasteiger partial charge on any atom is 0.169 e. The molecule has 5 atom stereocenters. The minimum atomic E-state index is 0.220. The lowest BCUT2D eigenvalue weighted by Crippen LogP contribution is -2.48. The van der Waals surface area contributed by atoms with E-state index in [1.54, 1.807) is 0 Å². The van der Waals surface area contributed by atoms with Crippen molar-refractivity contribution >= 4 is 21.7 Å². The predicted molar refractivity (Wildman–Crippen MR) is 110 cm³/mol. The van der Waals surface area contributed by atoms with Crippen molar-refractivity contribution in [3.05, 3.63) is 48.9 Å². The highest BCUT2D eigenvalue weighted by molar-refractivity contribution is 9.09. The molecular weight excluding hydrogens is 388 g/mol. The first kappa shape index (κ1) is 20.1. The van der Waals surface area contributed by atoms with Crippen LogP contribution in [0.15, 0.2) is 30.3 Å². The topological polar surface area (TPSA) is 26.3 Å². The van der Waals surface area contributed by atoms with Gasteiger partial charge in [0.15, 0.2) is 11.9 Å². The van der Waals surface area contributed by atoms with Gasteiger partial charge in [0.2, 0.25) is 0 Å². The van der Waals surface area contributed by atoms with Crippen LogP contribution < -0.4 is 0 Å². The van der Waals surface area contributed by atoms with Gasteiger partial charge in [0, 0.05) is 11.2 Å². The summed E-state index contributed by atoms with van der Waals surface area (Å²) >= 11 is 3.87. The Morgan fingerprint density at radius 3 is 2.65 bits per heavy atom. The van der Waals surface area contributed by atoms with Gasteiger partial charge >= 0.3 is 0 Å². The molecule has 2 radical (unpaired) electrons. The van der Waals surface area contributed by atoms with Crippen molar-refractivity contribution in [3.63, 3.8) is 0 Å². The highest BCUT2D eigenvalue weighted by Gasteiger charge is 2.48. The Morgan fingerprint density at radius 1 is 1.27 bits per heavy atom. The number of Topliss-reactive ketones (excluding diaryl/α,β-unsaturated/α-hetero) is 1. The number of fused-ring (bicyclic) bond motifs is 3. The van der Waals surface area contributed by atoms with Gasteiger partial charge in [-0.2, -0.15) is 0 Å². The fourth-order valence-corrected chi connectivity index (χ4v) is 5.68. The number of ketones is 1. The van der Waals surface area contributed by atoms with Crippen LogP contribution in [0.2, 0.25) is 0 Å². The number of hydrogen-bond donors (Lipinski definition) is 0. The molecule has 0 spiro atoms. The molecule has 5 unspecified atom stereocenters. The van der Waals surface area contributed by atoms with Crippen molar-refractivity contribution in [2.75, 3.05) is 0 Å². The van der Waals surface area contributed by atoms with Gasteiger partial charge in [-0.3, -0.25) is 4.79 Å². The van der Waals surface area contributed by atoms with Crippen LogP contribution in [0, 0.1) is 24.9 Å². The Labute approximate surface area is 167 Å². The van der Waals surface area contributed by atoms with Crippen molar-refractivity contribution < 1.29 is 9.53 Å². The van der Waals surface area contributed by atoms with Crippen LogP contribution in [0.3, 0.4) is 0 Å². The van der Waals surface area contributed by atoms with Gasteiger partial charge in [0.1, 0.15) is 0 Å². The minimum absolute atomic E-state index is 0.220. The van der Waals surface area contributed by atoms with E-state index < -0.39 is 0 Å². The monoisotopic (exact) mass is 418 g/mol. The zero-order chi connectivity index (χ0) is 18.5. The third kappa shape index (κ3) is 4.59. The maximum absolute atomic E-state index is 13.1. The van der Waals surface area contributed by atoms with Gasteiger partial charge in [-0.05, 0) is 55.4 Å². The van der Waals surface area contributed by atoms with E-state index in [2.05, 4.69) is 54.0 Å². The van der Waals surface area contributed by atoms with E-state index in [1.807, 2.05) is 6.07 Å². The third-order valence-electron chi connectivity index (χ3n) is 6.04. The van der Waals surface area contributed by atoms with Crippen LogP contribution >= 0.6 is 15.9 Å². The van der Waals surface area contributed by atoms with E-state index in [0.717, 1.165) is 38.2 Å². The first-order valence-corrected chi connectivity index (χ1v) is 11.1. The SMILES string of the molecule is [CH2]CCC(CC(=O)[C]1OC2CCC1CC2C(Br)CCC)c1ccccc1. The van der Waals surface area contributed by atoms with Crippen LogP contribution in [-0.4, -0.2) is 16.7 Å². The van der Waals surface area contributed by atoms with Gasteiger partial charge in [0.25, 0.3) is 0 Å². The molecule has 3 heteroatoms. The van der Waals surface area contributed by atoms with Crippen LogP contribution in [0.25, 0.3) is 0 Å². The fraction of sp³-hybridized carbons (Fsp3) is 0.609. The van der Waals surface area contributed by atoms with Crippen LogP contribution in [-0.2, 0) is 9.53 Å². The number of halogens is 1. The molecule has 3 fully saturated rings. The number of benzene rings is 1. The van der Waals surface area contributed by atoms with Crippen molar-refractivity contribution in [2.24, 2.45) is 11.8 Å². The van der Waals surface area contributed by atoms with Gasteiger partial charge in [-0.25, -0.2) is 0 Å². The average molecular weight is 419 g/mol. The van der Waals surface area contributed by atoms with Crippen molar-refractivity contribution in [1.29, 1.82) is 0 Å². The number of carbonyl (C=O) groups excluding carboxylic acids is 1. The molecule has 2 heterocycles. The number of hydrogen-bond acceptors (Lipinski definition) is 2. The summed E-state index contributed by atoms with van der Waals surface area (Å²) in [6.07, 6.45) is 9.01. The summed E-state index contributed by atoms with van der Waals surface area (Å²) in [6.45, 7) is 6.23. The van der Waals surface area contributed by atoms with Gasteiger partial charge in [-0.1, -0.05) is 73.0 Å². The molecule has 1 aromatic rings. The Balaban J connectivity index is 1.63. The molecule has 0 N–H and O–H groups in total. The zero-order valence-electron chi connectivity index (χ0n) is 15.8. The molecule has 1 aliphatic carbocycles. The molecule has 4 rings (SSSR count). The molecule has 142 valence electrons. The van der Waals surface area contributed by atoms with Crippen molar-refractivity contribution in [2.45, 2.75) is 75.1 Å². The largest absolute Gasteiger partial charge is 0.360 e. The Morgan fingerprint density at radius 2 is 2.04 bits per heavy atom. The van der Waals surface area contributed by atoms with E-state index in [0.29, 0.717) is 23.1 Å². The lowest BCUT2D eigenvalue weighted by atomic mass is 9.70. The van der Waals surface area contributed by atoms with E-state index in [-0.39, 0.29) is 17.8 Å². The van der Waals surface area contributed by atoms with E-state index in [4.69, 9.17) is 4.74 Å². The second kappa shape index (κ2) is 9.50. The van der Waals surface area contributed by atoms with Gasteiger partial charge < -0.3 is 4.74 Å². The molecule has 0 aromatic heterocycles. The highest BCUT2D eigenvalue weighted by Crippen LogP contribution is 2.48. The Kier molecular flexibility index (Phi) is 7.34. The number of ether oxygens (including phenoxy) is 1. The highest BCUT2D eigenvalue weighted by atomic mass is 79.9. The van der Waals surface area contributed by atoms with E-state index in [1.165, 1.54) is 18.4 Å². The summed E-state index contributed by atoms with van der Waals surface area (Å²) in [7, 11) is 0. The number of carbonyl (C=O) groups is 1. The fourth-order valence-electron chi connectivity index (χ4n) is 4.67. The zero-order valence-corrected chi connectivity index (χ0v) is 17.4. The number of alkyl halides is 1. The molecule has 26 heavy (non-hydrogen) atoms. The summed E-state index contributed by atoms with van der Waals surface area (Å²) in [5.74, 6) is 1.35. The molecule has 2 saturated heterocycles. The Bertz CT molecular complexity index is 573. The van der Waals surface area contributed by atoms with E-state index in [9.17, 15) is 4.79 Å². The molecule has 2 bridgehead atoms. The average Bonchev–Trinajstić information content (AvgIpc) is 2.68. The first-order valence-electron chi connectivity index (χ1n) is 10.2. The predicted octanol–water partition coefficient (Wildman–Crippen LogP) is 6.25. The lowest BCUT2D eigenvalue weighted by Gasteiger charge is -2.47. The molecule has 2 aliphatic heterocycles. The van der Waals surface area contributed by atoms with Gasteiger partial charge in [0.05, 0.1) is 6.10 Å². The second-order valence-electron chi connectivity index (χ2n) is 7.88. The van der Waals surface area contributed by atoms with Crippen LogP contribution in [0.1, 0.15) is 69.8 Å². The van der Waals surface area contributed by atoms with Gasteiger partial charge in [-0.15, -0.1) is 0 Å².